The molecule has 1 rings (SSSR count). The fourth-order valence-corrected chi connectivity index (χ4v) is 3.36. The smallest absolute Gasteiger partial charge is 0.198 e. The minimum Gasteiger partial charge on any atom is -0.198 e. The van der Waals surface area contributed by atoms with Crippen molar-refractivity contribution in [1.29, 1.82) is 5.26 Å². The molecule has 0 unspecified atom stereocenters. The average molecular weight is 321 g/mol. The number of nitrogens with zero attached hydrogens (tertiary/aromatic N) is 3. The molecule has 0 amide bonds. The summed E-state index contributed by atoms with van der Waals surface area (Å²) >= 11 is 0. The molecule has 0 aliphatic rings. The van der Waals surface area contributed by atoms with Gasteiger partial charge in [0.2, 0.25) is 0 Å². The van der Waals surface area contributed by atoms with Gasteiger partial charge in [0.1, 0.15) is 0 Å². The Morgan fingerprint density at radius 2 is 1.91 bits per heavy atom. The normalized spacial score (nSPS) is 14.1. The number of rotatable bonds is 7. The molecule has 120 valence electrons. The molecule has 22 heavy (non-hydrogen) atoms. The molecule has 0 saturated heterocycles. The Balaban J connectivity index is 2.81. The highest BCUT2D eigenvalue weighted by atomic mass is 32.2. The first-order chi connectivity index (χ1) is 10.3. The zero-order chi connectivity index (χ0) is 16.8. The quantitative estimate of drug-likeness (QED) is 0.775. The molecule has 6 heteroatoms. The van der Waals surface area contributed by atoms with Crippen LogP contribution >= 0.6 is 0 Å². The molecular formula is C16H23N3O2S. The summed E-state index contributed by atoms with van der Waals surface area (Å²) < 4.78 is 27.4. The lowest BCUT2D eigenvalue weighted by atomic mass is 10.1. The number of benzene rings is 1. The monoisotopic (exact) mass is 321 g/mol. The van der Waals surface area contributed by atoms with E-state index in [2.05, 4.69) is 0 Å². The summed E-state index contributed by atoms with van der Waals surface area (Å²) in [5.41, 5.74) is 1.98. The molecule has 1 aromatic rings. The van der Waals surface area contributed by atoms with Gasteiger partial charge >= 0.3 is 0 Å². The van der Waals surface area contributed by atoms with Gasteiger partial charge in [-0.1, -0.05) is 42.0 Å². The second kappa shape index (κ2) is 8.08. The Kier molecular flexibility index (Phi) is 6.75. The summed E-state index contributed by atoms with van der Waals surface area (Å²) in [5, 5.41) is 8.71. The summed E-state index contributed by atoms with van der Waals surface area (Å²) in [5.74, 6) is 0. The Labute approximate surface area is 133 Å². The van der Waals surface area contributed by atoms with E-state index < -0.39 is 10.2 Å². The average Bonchev–Trinajstić information content (AvgIpc) is 2.47. The van der Waals surface area contributed by atoms with Crippen LogP contribution in [0.5, 0.6) is 0 Å². The van der Waals surface area contributed by atoms with Crippen molar-refractivity contribution < 1.29 is 8.42 Å². The van der Waals surface area contributed by atoms with Crippen molar-refractivity contribution in [1.82, 2.24) is 8.61 Å². The summed E-state index contributed by atoms with van der Waals surface area (Å²) in [6.45, 7) is 3.93. The van der Waals surface area contributed by atoms with Crippen molar-refractivity contribution in [2.75, 3.05) is 20.6 Å². The topological polar surface area (TPSA) is 64.4 Å². The van der Waals surface area contributed by atoms with E-state index in [1.807, 2.05) is 49.4 Å². The van der Waals surface area contributed by atoms with Crippen LogP contribution < -0.4 is 0 Å². The van der Waals surface area contributed by atoms with Gasteiger partial charge in [-0.05, 0) is 19.4 Å². The summed E-state index contributed by atoms with van der Waals surface area (Å²) in [6, 6.07) is 11.4. The second-order valence-electron chi connectivity index (χ2n) is 5.39. The lowest BCUT2D eigenvalue weighted by Gasteiger charge is -2.28. The predicted octanol–water partition coefficient (Wildman–Crippen LogP) is 2.50. The molecule has 0 bridgehead atoms. The van der Waals surface area contributed by atoms with Crippen LogP contribution in [0.3, 0.4) is 0 Å². The van der Waals surface area contributed by atoms with Crippen molar-refractivity contribution in [3.8, 4) is 6.07 Å². The first-order valence-corrected chi connectivity index (χ1v) is 8.47. The maximum Gasteiger partial charge on any atom is 0.282 e. The van der Waals surface area contributed by atoms with E-state index in [-0.39, 0.29) is 12.5 Å². The molecule has 0 saturated carbocycles. The van der Waals surface area contributed by atoms with E-state index in [1.165, 1.54) is 15.7 Å². The SMILES string of the molecule is C/C(=C\c1ccccc1)CN(C)S(=O)(=O)N(C)[C@H](C)CC#N. The van der Waals surface area contributed by atoms with Crippen LogP contribution in [0.4, 0.5) is 0 Å². The van der Waals surface area contributed by atoms with Gasteiger partial charge in [-0.2, -0.15) is 22.3 Å². The summed E-state index contributed by atoms with van der Waals surface area (Å²) in [6.07, 6.45) is 2.13. The van der Waals surface area contributed by atoms with Crippen LogP contribution in [-0.2, 0) is 10.2 Å². The van der Waals surface area contributed by atoms with E-state index in [4.69, 9.17) is 5.26 Å². The van der Waals surface area contributed by atoms with Gasteiger partial charge in [-0.15, -0.1) is 0 Å². The molecular weight excluding hydrogens is 298 g/mol. The highest BCUT2D eigenvalue weighted by molar-refractivity contribution is 7.86. The van der Waals surface area contributed by atoms with E-state index in [0.717, 1.165) is 11.1 Å². The molecule has 0 aromatic heterocycles. The standard InChI is InChI=1S/C16H23N3O2S/c1-14(12-16-8-6-5-7-9-16)13-18(3)22(20,21)19(4)15(2)10-11-17/h5-9,12,15H,10,13H2,1-4H3/b14-12+/t15-/m1/s1. The molecule has 1 aromatic carbocycles. The molecule has 0 aliphatic heterocycles. The number of hydrogen-bond acceptors (Lipinski definition) is 3. The first kappa shape index (κ1) is 18.4. The summed E-state index contributed by atoms with van der Waals surface area (Å²) in [4.78, 5) is 0. The molecule has 0 aliphatic carbocycles. The Hall–Kier alpha value is -1.68. The fraction of sp³-hybridized carbons (Fsp3) is 0.438. The van der Waals surface area contributed by atoms with Gasteiger partial charge in [0.05, 0.1) is 12.5 Å². The Bertz CT molecular complexity index is 648. The van der Waals surface area contributed by atoms with Gasteiger partial charge in [0.25, 0.3) is 10.2 Å². The third kappa shape index (κ3) is 4.95. The van der Waals surface area contributed by atoms with Crippen LogP contribution in [0.1, 0.15) is 25.8 Å². The van der Waals surface area contributed by atoms with Crippen molar-refractivity contribution in [2.24, 2.45) is 0 Å². The lowest BCUT2D eigenvalue weighted by molar-refractivity contribution is 0.353. The summed E-state index contributed by atoms with van der Waals surface area (Å²) in [7, 11) is -0.520. The molecule has 0 N–H and O–H groups in total. The van der Waals surface area contributed by atoms with Gasteiger partial charge in [-0.3, -0.25) is 0 Å². The van der Waals surface area contributed by atoms with Crippen LogP contribution in [0.25, 0.3) is 6.08 Å². The predicted molar refractivity (Wildman–Crippen MR) is 89.1 cm³/mol. The van der Waals surface area contributed by atoms with E-state index in [0.29, 0.717) is 6.54 Å². The highest BCUT2D eigenvalue weighted by Crippen LogP contribution is 2.14. The number of hydrogen-bond donors (Lipinski definition) is 0. The zero-order valence-electron chi connectivity index (χ0n) is 13.5. The highest BCUT2D eigenvalue weighted by Gasteiger charge is 2.27. The number of likely N-dealkylation sites (N-methyl/N-ethyl adjacent to an activating group) is 1. The Morgan fingerprint density at radius 3 is 2.45 bits per heavy atom. The van der Waals surface area contributed by atoms with Gasteiger partial charge in [0.15, 0.2) is 0 Å². The molecule has 0 radical (unpaired) electrons. The fourth-order valence-electron chi connectivity index (χ4n) is 2.02. The minimum atomic E-state index is -3.57. The van der Waals surface area contributed by atoms with Crippen molar-refractivity contribution in [3.05, 3.63) is 41.5 Å². The first-order valence-electron chi connectivity index (χ1n) is 7.07. The lowest BCUT2D eigenvalue weighted by Crippen LogP contribution is -2.44. The largest absolute Gasteiger partial charge is 0.282 e. The second-order valence-corrected chi connectivity index (χ2v) is 7.49. The van der Waals surface area contributed by atoms with Gasteiger partial charge in [-0.25, -0.2) is 0 Å². The van der Waals surface area contributed by atoms with Crippen LogP contribution in [0, 0.1) is 11.3 Å². The van der Waals surface area contributed by atoms with Gasteiger partial charge in [0, 0.05) is 26.7 Å². The van der Waals surface area contributed by atoms with E-state index in [9.17, 15) is 8.42 Å². The van der Waals surface area contributed by atoms with Crippen LogP contribution in [0.2, 0.25) is 0 Å². The Morgan fingerprint density at radius 1 is 1.32 bits per heavy atom. The van der Waals surface area contributed by atoms with Crippen LogP contribution in [-0.4, -0.2) is 43.7 Å². The van der Waals surface area contributed by atoms with Crippen molar-refractivity contribution in [2.45, 2.75) is 26.3 Å². The third-order valence-corrected chi connectivity index (χ3v) is 5.45. The van der Waals surface area contributed by atoms with Crippen molar-refractivity contribution in [3.63, 3.8) is 0 Å². The maximum atomic E-state index is 12.4. The van der Waals surface area contributed by atoms with E-state index >= 15 is 0 Å². The molecule has 0 fully saturated rings. The number of nitriles is 1. The van der Waals surface area contributed by atoms with Crippen LogP contribution in [0.15, 0.2) is 35.9 Å². The molecule has 1 atom stereocenters. The molecule has 0 heterocycles. The van der Waals surface area contributed by atoms with Gasteiger partial charge < -0.3 is 0 Å². The van der Waals surface area contributed by atoms with Crippen molar-refractivity contribution >= 4 is 16.3 Å². The maximum absolute atomic E-state index is 12.4. The zero-order valence-corrected chi connectivity index (χ0v) is 14.3. The molecule has 5 nitrogen and oxygen atoms in total. The minimum absolute atomic E-state index is 0.169. The molecule has 0 spiro atoms. The van der Waals surface area contributed by atoms with E-state index in [1.54, 1.807) is 14.0 Å². The third-order valence-electron chi connectivity index (χ3n) is 3.45.